The Morgan fingerprint density at radius 1 is 1.33 bits per heavy atom. The predicted octanol–water partition coefficient (Wildman–Crippen LogP) is 0.928. The molecule has 1 unspecified atom stereocenters. The van der Waals surface area contributed by atoms with Gasteiger partial charge in [0, 0.05) is 25.5 Å². The molecule has 1 fully saturated rings. The summed E-state index contributed by atoms with van der Waals surface area (Å²) in [6, 6.07) is 5.02. The third kappa shape index (κ3) is 3.83. The number of morpholine rings is 1. The molecule has 0 saturated carbocycles. The molecule has 0 spiro atoms. The molecule has 0 radical (unpaired) electrons. The van der Waals surface area contributed by atoms with E-state index in [1.54, 1.807) is 41.0 Å². The Labute approximate surface area is 138 Å². The average Bonchev–Trinajstić information content (AvgIpc) is 3.27. The summed E-state index contributed by atoms with van der Waals surface area (Å²) in [4.78, 5) is 26.0. The van der Waals surface area contributed by atoms with E-state index in [-0.39, 0.29) is 11.7 Å². The first-order valence-corrected chi connectivity index (χ1v) is 7.77. The highest BCUT2D eigenvalue weighted by atomic mass is 16.6. The molecule has 1 aliphatic rings. The molecule has 3 rings (SSSR count). The Morgan fingerprint density at radius 2 is 2.12 bits per heavy atom. The van der Waals surface area contributed by atoms with Gasteiger partial charge in [0.15, 0.2) is 6.10 Å². The van der Waals surface area contributed by atoms with Crippen LogP contribution in [0, 0.1) is 0 Å². The topological polar surface area (TPSA) is 86.8 Å². The molecule has 1 aliphatic heterocycles. The number of carbonyl (C=O) groups is 2. The fourth-order valence-electron chi connectivity index (χ4n) is 2.44. The van der Waals surface area contributed by atoms with E-state index in [2.05, 4.69) is 5.10 Å². The highest BCUT2D eigenvalue weighted by molar-refractivity contribution is 5.90. The first kappa shape index (κ1) is 16.3. The maximum atomic E-state index is 12.2. The lowest BCUT2D eigenvalue weighted by molar-refractivity contribution is -0.143. The van der Waals surface area contributed by atoms with Crippen LogP contribution in [-0.2, 0) is 20.8 Å². The van der Waals surface area contributed by atoms with Gasteiger partial charge in [0.05, 0.1) is 19.8 Å². The maximum Gasteiger partial charge on any atom is 0.375 e. The Bertz CT molecular complexity index is 688. The fraction of sp³-hybridized carbons (Fsp3) is 0.438. The van der Waals surface area contributed by atoms with Crippen LogP contribution in [0.4, 0.5) is 0 Å². The molecule has 8 heteroatoms. The second-order valence-corrected chi connectivity index (χ2v) is 5.45. The molecule has 0 aliphatic carbocycles. The number of nitrogens with zero attached hydrogens (tertiary/aromatic N) is 3. The zero-order valence-electron chi connectivity index (χ0n) is 13.4. The van der Waals surface area contributed by atoms with Crippen LogP contribution in [0.25, 0.3) is 0 Å². The minimum Gasteiger partial charge on any atom is -0.452 e. The Kier molecular flexibility index (Phi) is 4.95. The van der Waals surface area contributed by atoms with Crippen LogP contribution in [0.2, 0.25) is 0 Å². The van der Waals surface area contributed by atoms with Crippen molar-refractivity contribution < 1.29 is 23.5 Å². The summed E-state index contributed by atoms with van der Waals surface area (Å²) >= 11 is 0. The van der Waals surface area contributed by atoms with Crippen molar-refractivity contribution in [1.29, 1.82) is 0 Å². The van der Waals surface area contributed by atoms with Crippen LogP contribution in [0.3, 0.4) is 0 Å². The normalized spacial score (nSPS) is 16.0. The smallest absolute Gasteiger partial charge is 0.375 e. The largest absolute Gasteiger partial charge is 0.452 e. The van der Waals surface area contributed by atoms with Gasteiger partial charge in [-0.15, -0.1) is 0 Å². The van der Waals surface area contributed by atoms with E-state index in [1.165, 1.54) is 6.07 Å². The number of furan rings is 1. The van der Waals surface area contributed by atoms with Gasteiger partial charge >= 0.3 is 5.97 Å². The van der Waals surface area contributed by atoms with E-state index in [1.807, 2.05) is 0 Å². The number of aromatic nitrogens is 2. The molecule has 128 valence electrons. The standard InChI is InChI=1S/C16H19N3O5/c1-12(15(20)18-7-9-22-10-8-18)23-16(21)14-4-3-13(24-14)11-19-6-2-5-17-19/h2-6,12H,7-11H2,1H3. The molecule has 1 atom stereocenters. The molecule has 24 heavy (non-hydrogen) atoms. The Hall–Kier alpha value is -2.61. The molecule has 0 bridgehead atoms. The summed E-state index contributed by atoms with van der Waals surface area (Å²) in [5, 5.41) is 4.07. The number of ether oxygens (including phenoxy) is 2. The molecule has 3 heterocycles. The molecule has 0 aromatic carbocycles. The number of hydrogen-bond acceptors (Lipinski definition) is 6. The van der Waals surface area contributed by atoms with Crippen LogP contribution in [0.1, 0.15) is 23.2 Å². The summed E-state index contributed by atoms with van der Waals surface area (Å²) in [7, 11) is 0. The molecular formula is C16H19N3O5. The lowest BCUT2D eigenvalue weighted by Gasteiger charge is -2.28. The van der Waals surface area contributed by atoms with Gasteiger partial charge < -0.3 is 18.8 Å². The number of carbonyl (C=O) groups excluding carboxylic acids is 2. The van der Waals surface area contributed by atoms with Gasteiger partial charge in [-0.1, -0.05) is 0 Å². The third-order valence-corrected chi connectivity index (χ3v) is 3.69. The van der Waals surface area contributed by atoms with Gasteiger partial charge in [-0.05, 0) is 25.1 Å². The minimum absolute atomic E-state index is 0.0683. The molecule has 1 amide bonds. The van der Waals surface area contributed by atoms with Crippen molar-refractivity contribution in [3.8, 4) is 0 Å². The quantitative estimate of drug-likeness (QED) is 0.757. The molecule has 2 aromatic rings. The first-order chi connectivity index (χ1) is 11.6. The van der Waals surface area contributed by atoms with E-state index in [0.29, 0.717) is 38.6 Å². The van der Waals surface area contributed by atoms with Crippen molar-refractivity contribution in [1.82, 2.24) is 14.7 Å². The number of rotatable bonds is 5. The zero-order valence-corrected chi connectivity index (χ0v) is 13.4. The number of esters is 1. The van der Waals surface area contributed by atoms with Gasteiger partial charge in [0.2, 0.25) is 5.76 Å². The summed E-state index contributed by atoms with van der Waals surface area (Å²) in [5.74, 6) is -0.234. The maximum absolute atomic E-state index is 12.2. The van der Waals surface area contributed by atoms with Crippen LogP contribution in [0.5, 0.6) is 0 Å². The minimum atomic E-state index is -0.865. The molecule has 2 aromatic heterocycles. The van der Waals surface area contributed by atoms with Crippen LogP contribution in [0.15, 0.2) is 35.0 Å². The van der Waals surface area contributed by atoms with Gasteiger partial charge in [-0.25, -0.2) is 4.79 Å². The van der Waals surface area contributed by atoms with Gasteiger partial charge in [-0.3, -0.25) is 9.48 Å². The van der Waals surface area contributed by atoms with E-state index in [9.17, 15) is 9.59 Å². The number of hydrogen-bond donors (Lipinski definition) is 0. The van der Waals surface area contributed by atoms with Crippen LogP contribution >= 0.6 is 0 Å². The lowest BCUT2D eigenvalue weighted by atomic mass is 10.3. The third-order valence-electron chi connectivity index (χ3n) is 3.69. The van der Waals surface area contributed by atoms with Crippen molar-refractivity contribution in [3.63, 3.8) is 0 Å². The molecule has 1 saturated heterocycles. The van der Waals surface area contributed by atoms with Crippen molar-refractivity contribution in [3.05, 3.63) is 42.1 Å². The first-order valence-electron chi connectivity index (χ1n) is 7.77. The van der Waals surface area contributed by atoms with E-state index >= 15 is 0 Å². The SMILES string of the molecule is CC(OC(=O)c1ccc(Cn2cccn2)o1)C(=O)N1CCOCC1. The summed E-state index contributed by atoms with van der Waals surface area (Å²) in [6.45, 7) is 4.00. The van der Waals surface area contributed by atoms with E-state index in [4.69, 9.17) is 13.9 Å². The highest BCUT2D eigenvalue weighted by Gasteiger charge is 2.26. The van der Waals surface area contributed by atoms with Crippen molar-refractivity contribution in [2.45, 2.75) is 19.6 Å². The average molecular weight is 333 g/mol. The highest BCUT2D eigenvalue weighted by Crippen LogP contribution is 2.13. The van der Waals surface area contributed by atoms with E-state index in [0.717, 1.165) is 0 Å². The van der Waals surface area contributed by atoms with Crippen molar-refractivity contribution >= 4 is 11.9 Å². The Morgan fingerprint density at radius 3 is 2.83 bits per heavy atom. The van der Waals surface area contributed by atoms with Crippen LogP contribution in [-0.4, -0.2) is 59.0 Å². The summed E-state index contributed by atoms with van der Waals surface area (Å²) < 4.78 is 17.6. The second kappa shape index (κ2) is 7.31. The summed E-state index contributed by atoms with van der Waals surface area (Å²) in [6.07, 6.45) is 2.59. The molecule has 8 nitrogen and oxygen atoms in total. The Balaban J connectivity index is 1.56. The fourth-order valence-corrected chi connectivity index (χ4v) is 2.44. The second-order valence-electron chi connectivity index (χ2n) is 5.45. The van der Waals surface area contributed by atoms with Crippen molar-refractivity contribution in [2.75, 3.05) is 26.3 Å². The van der Waals surface area contributed by atoms with Crippen molar-refractivity contribution in [2.24, 2.45) is 0 Å². The molecule has 0 N–H and O–H groups in total. The van der Waals surface area contributed by atoms with Gasteiger partial charge in [0.1, 0.15) is 5.76 Å². The monoisotopic (exact) mass is 333 g/mol. The summed E-state index contributed by atoms with van der Waals surface area (Å²) in [5.41, 5.74) is 0. The molecular weight excluding hydrogens is 314 g/mol. The predicted molar refractivity (Wildman–Crippen MR) is 82.3 cm³/mol. The van der Waals surface area contributed by atoms with Gasteiger partial charge in [-0.2, -0.15) is 5.10 Å². The van der Waals surface area contributed by atoms with Gasteiger partial charge in [0.25, 0.3) is 5.91 Å². The zero-order chi connectivity index (χ0) is 16.9. The number of amides is 1. The van der Waals surface area contributed by atoms with E-state index < -0.39 is 12.1 Å². The van der Waals surface area contributed by atoms with Crippen LogP contribution < -0.4 is 0 Å². The lowest BCUT2D eigenvalue weighted by Crippen LogP contribution is -2.46.